The first-order valence-corrected chi connectivity index (χ1v) is 11.2. The second kappa shape index (κ2) is 8.60. The second-order valence-electron chi connectivity index (χ2n) is 6.92. The molecular weight excluding hydrogens is 440 g/mol. The zero-order valence-electron chi connectivity index (χ0n) is 16.6. The quantitative estimate of drug-likeness (QED) is 0.336. The Balaban J connectivity index is 1.68. The van der Waals surface area contributed by atoms with E-state index in [2.05, 4.69) is 10.3 Å². The third kappa shape index (κ3) is 4.38. The zero-order chi connectivity index (χ0) is 22.1. The molecule has 158 valence electrons. The molecule has 4 aromatic rings. The van der Waals surface area contributed by atoms with Crippen LogP contribution in [0.4, 0.5) is 14.5 Å². The molecule has 1 amide bonds. The van der Waals surface area contributed by atoms with E-state index in [4.69, 9.17) is 0 Å². The van der Waals surface area contributed by atoms with Crippen molar-refractivity contribution in [2.24, 2.45) is 0 Å². The predicted molar refractivity (Wildman–Crippen MR) is 120 cm³/mol. The summed E-state index contributed by atoms with van der Waals surface area (Å²) in [6, 6.07) is 10.4. The van der Waals surface area contributed by atoms with E-state index in [9.17, 15) is 18.4 Å². The van der Waals surface area contributed by atoms with Crippen molar-refractivity contribution in [1.82, 2.24) is 9.55 Å². The van der Waals surface area contributed by atoms with Crippen molar-refractivity contribution in [3.8, 4) is 5.69 Å². The lowest BCUT2D eigenvalue weighted by atomic mass is 10.1. The zero-order valence-corrected chi connectivity index (χ0v) is 18.2. The molecule has 0 radical (unpaired) electrons. The molecule has 1 N–H and O–H groups in total. The minimum Gasteiger partial charge on any atom is -0.323 e. The molecule has 0 saturated carbocycles. The van der Waals surface area contributed by atoms with Crippen molar-refractivity contribution in [2.75, 3.05) is 11.1 Å². The highest BCUT2D eigenvalue weighted by Gasteiger charge is 2.17. The first-order valence-electron chi connectivity index (χ1n) is 9.29. The highest BCUT2D eigenvalue weighted by atomic mass is 32.2. The van der Waals surface area contributed by atoms with E-state index in [0.29, 0.717) is 21.1 Å². The van der Waals surface area contributed by atoms with E-state index in [1.807, 2.05) is 32.0 Å². The molecule has 31 heavy (non-hydrogen) atoms. The topological polar surface area (TPSA) is 64.0 Å². The number of nitrogens with zero attached hydrogens (tertiary/aromatic N) is 2. The highest BCUT2D eigenvalue weighted by Crippen LogP contribution is 2.26. The number of hydrogen-bond donors (Lipinski definition) is 1. The molecule has 0 fully saturated rings. The van der Waals surface area contributed by atoms with Gasteiger partial charge in [0.15, 0.2) is 5.16 Å². The monoisotopic (exact) mass is 457 g/mol. The number of anilines is 1. The van der Waals surface area contributed by atoms with Crippen molar-refractivity contribution in [1.29, 1.82) is 0 Å². The number of halogens is 2. The molecule has 0 atom stereocenters. The van der Waals surface area contributed by atoms with Crippen LogP contribution in [0.1, 0.15) is 11.1 Å². The number of rotatable bonds is 5. The molecule has 9 heteroatoms. The van der Waals surface area contributed by atoms with Crippen LogP contribution < -0.4 is 10.9 Å². The second-order valence-corrected chi connectivity index (χ2v) is 8.78. The summed E-state index contributed by atoms with van der Waals surface area (Å²) in [6.07, 6.45) is 0. The number of carbonyl (C=O) groups is 1. The maximum atomic E-state index is 13.8. The molecule has 2 heterocycles. The van der Waals surface area contributed by atoms with E-state index >= 15 is 0 Å². The molecule has 2 aromatic carbocycles. The summed E-state index contributed by atoms with van der Waals surface area (Å²) in [5.41, 5.74) is 2.65. The van der Waals surface area contributed by atoms with Crippen LogP contribution in [0.15, 0.2) is 57.8 Å². The van der Waals surface area contributed by atoms with Crippen LogP contribution in [0.2, 0.25) is 0 Å². The minimum absolute atomic E-state index is 0.136. The van der Waals surface area contributed by atoms with E-state index < -0.39 is 17.5 Å². The van der Waals surface area contributed by atoms with Crippen LogP contribution >= 0.6 is 23.1 Å². The van der Waals surface area contributed by atoms with Gasteiger partial charge in [-0.05, 0) is 54.6 Å². The molecule has 0 saturated heterocycles. The minimum atomic E-state index is -0.732. The summed E-state index contributed by atoms with van der Waals surface area (Å²) in [6.45, 7) is 3.83. The Morgan fingerprint density at radius 3 is 2.77 bits per heavy atom. The van der Waals surface area contributed by atoms with Gasteiger partial charge in [-0.2, -0.15) is 0 Å². The van der Waals surface area contributed by atoms with E-state index in [-0.39, 0.29) is 17.0 Å². The number of carbonyl (C=O) groups excluding carboxylic acids is 1. The number of hydrogen-bond acceptors (Lipinski definition) is 5. The fourth-order valence-corrected chi connectivity index (χ4v) is 4.64. The normalized spacial score (nSPS) is 11.1. The van der Waals surface area contributed by atoms with Crippen LogP contribution in [-0.2, 0) is 4.79 Å². The van der Waals surface area contributed by atoms with Gasteiger partial charge in [0.05, 0.1) is 22.6 Å². The summed E-state index contributed by atoms with van der Waals surface area (Å²) >= 11 is 2.36. The van der Waals surface area contributed by atoms with Gasteiger partial charge < -0.3 is 5.32 Å². The molecule has 0 bridgehead atoms. The molecule has 5 nitrogen and oxygen atoms in total. The van der Waals surface area contributed by atoms with E-state index in [1.54, 1.807) is 11.4 Å². The van der Waals surface area contributed by atoms with Crippen LogP contribution in [0.3, 0.4) is 0 Å². The van der Waals surface area contributed by atoms with Gasteiger partial charge in [-0.25, -0.2) is 13.8 Å². The highest BCUT2D eigenvalue weighted by molar-refractivity contribution is 7.99. The van der Waals surface area contributed by atoms with Gasteiger partial charge in [0.1, 0.15) is 16.3 Å². The Labute approximate surface area is 184 Å². The largest absolute Gasteiger partial charge is 0.323 e. The third-order valence-corrected chi connectivity index (χ3v) is 6.42. The van der Waals surface area contributed by atoms with Crippen molar-refractivity contribution in [3.63, 3.8) is 0 Å². The lowest BCUT2D eigenvalue weighted by Crippen LogP contribution is -2.23. The summed E-state index contributed by atoms with van der Waals surface area (Å²) in [7, 11) is 0. The predicted octanol–water partition coefficient (Wildman–Crippen LogP) is 5.07. The summed E-state index contributed by atoms with van der Waals surface area (Å²) in [5.74, 6) is -2.06. The molecule has 0 aliphatic heterocycles. The Morgan fingerprint density at radius 2 is 1.97 bits per heavy atom. The molecule has 0 unspecified atom stereocenters. The number of nitrogens with one attached hydrogen (secondary N) is 1. The average molecular weight is 458 g/mol. The Hall–Kier alpha value is -3.04. The Kier molecular flexibility index (Phi) is 5.88. The van der Waals surface area contributed by atoms with Gasteiger partial charge in [0.2, 0.25) is 5.91 Å². The average Bonchev–Trinajstić information content (AvgIpc) is 3.20. The first-order chi connectivity index (χ1) is 14.8. The number of thioether (sulfide) groups is 1. The lowest BCUT2D eigenvalue weighted by molar-refractivity contribution is -0.113. The Morgan fingerprint density at radius 1 is 1.16 bits per heavy atom. The maximum Gasteiger partial charge on any atom is 0.276 e. The molecule has 0 aliphatic carbocycles. The van der Waals surface area contributed by atoms with Crippen molar-refractivity contribution >= 4 is 44.9 Å². The molecule has 0 spiro atoms. The number of thiophene rings is 1. The van der Waals surface area contributed by atoms with Gasteiger partial charge in [0, 0.05) is 6.07 Å². The van der Waals surface area contributed by atoms with Gasteiger partial charge in [0.25, 0.3) is 5.56 Å². The number of amides is 1. The smallest absolute Gasteiger partial charge is 0.276 e. The summed E-state index contributed by atoms with van der Waals surface area (Å²) < 4.78 is 29.2. The Bertz CT molecular complexity index is 1360. The van der Waals surface area contributed by atoms with E-state index in [1.165, 1.54) is 15.9 Å². The van der Waals surface area contributed by atoms with Gasteiger partial charge in [-0.1, -0.05) is 23.9 Å². The SMILES string of the molecule is Cc1ccc(C)c(-n2c(SCC(=O)Nc3cc(F)ccc3F)nc3ccsc3c2=O)c1. The fourth-order valence-electron chi connectivity index (χ4n) is 3.07. The number of benzene rings is 2. The van der Waals surface area contributed by atoms with Crippen molar-refractivity contribution in [2.45, 2.75) is 19.0 Å². The van der Waals surface area contributed by atoms with Gasteiger partial charge in [-0.3, -0.25) is 14.2 Å². The summed E-state index contributed by atoms with van der Waals surface area (Å²) in [4.78, 5) is 30.2. The lowest BCUT2D eigenvalue weighted by Gasteiger charge is -2.15. The first kappa shape index (κ1) is 21.2. The van der Waals surface area contributed by atoms with Crippen LogP contribution in [0.5, 0.6) is 0 Å². The van der Waals surface area contributed by atoms with Crippen molar-refractivity contribution in [3.05, 3.63) is 81.0 Å². The van der Waals surface area contributed by atoms with Gasteiger partial charge >= 0.3 is 0 Å². The summed E-state index contributed by atoms with van der Waals surface area (Å²) in [5, 5.41) is 4.50. The van der Waals surface area contributed by atoms with Crippen LogP contribution in [0, 0.1) is 25.5 Å². The molecular formula is C22H17F2N3O2S2. The number of aromatic nitrogens is 2. The maximum absolute atomic E-state index is 13.8. The molecule has 4 rings (SSSR count). The molecule has 0 aliphatic rings. The number of aryl methyl sites for hydroxylation is 2. The van der Waals surface area contributed by atoms with Gasteiger partial charge in [-0.15, -0.1) is 11.3 Å². The fraction of sp³-hybridized carbons (Fsp3) is 0.136. The van der Waals surface area contributed by atoms with Crippen molar-refractivity contribution < 1.29 is 13.6 Å². The van der Waals surface area contributed by atoms with Crippen LogP contribution in [0.25, 0.3) is 15.9 Å². The number of fused-ring (bicyclic) bond motifs is 1. The standard InChI is InChI=1S/C22H17F2N3O2S2/c1-12-3-4-13(2)18(9-12)27-21(29)20-16(7-8-30-20)26-22(27)31-11-19(28)25-17-10-14(23)5-6-15(17)24/h3-10H,11H2,1-2H3,(H,25,28). The molecule has 2 aromatic heterocycles. The third-order valence-electron chi connectivity index (χ3n) is 4.59. The van der Waals surface area contributed by atoms with Crippen LogP contribution in [-0.4, -0.2) is 21.2 Å². The van der Waals surface area contributed by atoms with E-state index in [0.717, 1.165) is 41.1 Å².